The minimum Gasteiger partial charge on any atom is -0.464 e. The number of esters is 1. The fraction of sp³-hybridized carbons (Fsp3) is 0.318. The average Bonchev–Trinajstić information content (AvgIpc) is 3.20. The molecule has 2 amide bonds. The first-order valence-electron chi connectivity index (χ1n) is 9.49. The minimum absolute atomic E-state index is 0.106. The summed E-state index contributed by atoms with van der Waals surface area (Å²) in [5.41, 5.74) is -0.850. The molecule has 6 nitrogen and oxygen atoms in total. The summed E-state index contributed by atoms with van der Waals surface area (Å²) in [7, 11) is 1.39. The molecule has 7 heteroatoms. The topological polar surface area (TPSA) is 75.7 Å². The quantitative estimate of drug-likeness (QED) is 0.633. The number of fused-ring (bicyclic) bond motifs is 1. The van der Waals surface area contributed by atoms with Gasteiger partial charge in [0.2, 0.25) is 11.8 Å². The fourth-order valence-corrected chi connectivity index (χ4v) is 4.56. The highest BCUT2D eigenvalue weighted by molar-refractivity contribution is 6.09. The van der Waals surface area contributed by atoms with Gasteiger partial charge in [-0.15, -0.1) is 0 Å². The van der Waals surface area contributed by atoms with E-state index in [1.807, 2.05) is 0 Å². The zero-order chi connectivity index (χ0) is 20.8. The normalized spacial score (nSPS) is 28.5. The van der Waals surface area contributed by atoms with Gasteiger partial charge in [-0.1, -0.05) is 48.5 Å². The highest BCUT2D eigenvalue weighted by Gasteiger charge is 2.69. The lowest BCUT2D eigenvalue weighted by atomic mass is 9.75. The van der Waals surface area contributed by atoms with E-state index in [1.165, 1.54) is 13.1 Å². The van der Waals surface area contributed by atoms with Gasteiger partial charge < -0.3 is 4.74 Å². The van der Waals surface area contributed by atoms with Crippen molar-refractivity contribution in [2.75, 3.05) is 13.7 Å². The maximum Gasteiger partial charge on any atom is 0.331 e. The highest BCUT2D eigenvalue weighted by atomic mass is 19.1. The average molecular weight is 396 g/mol. The second-order valence-electron chi connectivity index (χ2n) is 7.28. The Morgan fingerprint density at radius 3 is 2.41 bits per heavy atom. The molecule has 4 atom stereocenters. The van der Waals surface area contributed by atoms with Crippen molar-refractivity contribution in [3.05, 3.63) is 71.5 Å². The molecular weight excluding hydrogens is 375 g/mol. The molecule has 2 saturated heterocycles. The first kappa shape index (κ1) is 19.3. The maximum atomic E-state index is 14.7. The van der Waals surface area contributed by atoms with Crippen LogP contribution in [0.4, 0.5) is 4.39 Å². The van der Waals surface area contributed by atoms with Crippen LogP contribution in [-0.4, -0.2) is 36.3 Å². The minimum atomic E-state index is -1.59. The largest absolute Gasteiger partial charge is 0.464 e. The number of halogens is 1. The number of carbonyl (C=O) groups excluding carboxylic acids is 3. The van der Waals surface area contributed by atoms with Crippen LogP contribution < -0.4 is 5.32 Å². The second-order valence-corrected chi connectivity index (χ2v) is 7.28. The number of nitrogens with one attached hydrogen (secondary N) is 1. The number of ether oxygens (including phenoxy) is 1. The standard InChI is InChI=1S/C22H21FN2O4/c1-3-29-21(28)22(13-9-5-4-6-10-13)17-16(19(26)25(2)20(17)27)18(24-22)14-11-7-8-12-15(14)23/h4-12,16-18,24H,3H2,1-2H3/t16-,17+,18-,22-/m1/s1. The van der Waals surface area contributed by atoms with Crippen molar-refractivity contribution >= 4 is 17.8 Å². The summed E-state index contributed by atoms with van der Waals surface area (Å²) < 4.78 is 20.0. The van der Waals surface area contributed by atoms with Crippen LogP contribution in [-0.2, 0) is 24.7 Å². The molecule has 4 rings (SSSR count). The molecule has 0 saturated carbocycles. The zero-order valence-corrected chi connectivity index (χ0v) is 16.1. The molecule has 0 bridgehead atoms. The molecular formula is C22H21FN2O4. The number of rotatable bonds is 4. The molecule has 0 aromatic heterocycles. The summed E-state index contributed by atoms with van der Waals surface area (Å²) in [5.74, 6) is -4.05. The SMILES string of the molecule is CCOC(=O)[C@]1(c2ccccc2)N[C@H](c2ccccc2F)[C@@H]2C(=O)N(C)C(=O)[C@H]21. The van der Waals surface area contributed by atoms with Crippen LogP contribution in [0.3, 0.4) is 0 Å². The third-order valence-electron chi connectivity index (χ3n) is 5.85. The fourth-order valence-electron chi connectivity index (χ4n) is 4.56. The molecule has 2 aliphatic heterocycles. The molecule has 150 valence electrons. The van der Waals surface area contributed by atoms with Crippen LogP contribution in [0.15, 0.2) is 54.6 Å². The van der Waals surface area contributed by atoms with Gasteiger partial charge in [-0.3, -0.25) is 19.8 Å². The maximum absolute atomic E-state index is 14.7. The molecule has 2 fully saturated rings. The van der Waals surface area contributed by atoms with Gasteiger partial charge in [0.25, 0.3) is 0 Å². The van der Waals surface area contributed by atoms with Crippen molar-refractivity contribution in [2.24, 2.45) is 11.8 Å². The Balaban J connectivity index is 1.96. The molecule has 0 aliphatic carbocycles. The van der Waals surface area contributed by atoms with Crippen molar-refractivity contribution in [3.63, 3.8) is 0 Å². The van der Waals surface area contributed by atoms with E-state index in [0.29, 0.717) is 5.56 Å². The van der Waals surface area contributed by atoms with Gasteiger partial charge in [0.15, 0.2) is 5.54 Å². The molecule has 29 heavy (non-hydrogen) atoms. The van der Waals surface area contributed by atoms with Gasteiger partial charge in [-0.25, -0.2) is 9.18 Å². The van der Waals surface area contributed by atoms with Crippen molar-refractivity contribution in [1.29, 1.82) is 0 Å². The molecule has 1 N–H and O–H groups in total. The van der Waals surface area contributed by atoms with E-state index in [0.717, 1.165) is 4.90 Å². The van der Waals surface area contributed by atoms with E-state index in [9.17, 15) is 18.8 Å². The van der Waals surface area contributed by atoms with Crippen molar-refractivity contribution in [1.82, 2.24) is 10.2 Å². The van der Waals surface area contributed by atoms with E-state index < -0.39 is 47.0 Å². The van der Waals surface area contributed by atoms with Crippen LogP contribution in [0.2, 0.25) is 0 Å². The van der Waals surface area contributed by atoms with Gasteiger partial charge >= 0.3 is 5.97 Å². The van der Waals surface area contributed by atoms with Crippen molar-refractivity contribution < 1.29 is 23.5 Å². The van der Waals surface area contributed by atoms with E-state index in [1.54, 1.807) is 55.5 Å². The number of benzene rings is 2. The van der Waals surface area contributed by atoms with Gasteiger partial charge in [-0.05, 0) is 18.6 Å². The first-order chi connectivity index (χ1) is 13.9. The number of amides is 2. The predicted octanol–water partition coefficient (Wildman–Crippen LogP) is 2.16. The van der Waals surface area contributed by atoms with Crippen LogP contribution in [0.1, 0.15) is 24.1 Å². The highest BCUT2D eigenvalue weighted by Crippen LogP contribution is 2.53. The van der Waals surface area contributed by atoms with Gasteiger partial charge in [0.05, 0.1) is 18.4 Å². The molecule has 2 aliphatic rings. The van der Waals surface area contributed by atoms with Gasteiger partial charge in [0, 0.05) is 18.7 Å². The summed E-state index contributed by atoms with van der Waals surface area (Å²) in [6.07, 6.45) is 0. The predicted molar refractivity (Wildman–Crippen MR) is 102 cm³/mol. The summed E-state index contributed by atoms with van der Waals surface area (Å²) in [6, 6.07) is 13.9. The monoisotopic (exact) mass is 396 g/mol. The molecule has 0 unspecified atom stereocenters. The molecule has 0 radical (unpaired) electrons. The Morgan fingerprint density at radius 1 is 1.10 bits per heavy atom. The Kier molecular flexibility index (Phi) is 4.70. The molecule has 2 aromatic rings. The lowest BCUT2D eigenvalue weighted by molar-refractivity contribution is -0.156. The lowest BCUT2D eigenvalue weighted by Gasteiger charge is -2.33. The number of hydrogen-bond donors (Lipinski definition) is 1. The zero-order valence-electron chi connectivity index (χ0n) is 16.1. The first-order valence-corrected chi connectivity index (χ1v) is 9.49. The van der Waals surface area contributed by atoms with Gasteiger partial charge in [-0.2, -0.15) is 0 Å². The van der Waals surface area contributed by atoms with Crippen LogP contribution in [0, 0.1) is 17.7 Å². The van der Waals surface area contributed by atoms with Crippen molar-refractivity contribution in [2.45, 2.75) is 18.5 Å². The second kappa shape index (κ2) is 7.08. The number of carbonyl (C=O) groups is 3. The Morgan fingerprint density at radius 2 is 1.76 bits per heavy atom. The summed E-state index contributed by atoms with van der Waals surface area (Å²) in [5, 5.41) is 3.16. The van der Waals surface area contributed by atoms with E-state index >= 15 is 0 Å². The number of likely N-dealkylation sites (tertiary alicyclic amines) is 1. The third kappa shape index (κ3) is 2.68. The van der Waals surface area contributed by atoms with Crippen molar-refractivity contribution in [3.8, 4) is 0 Å². The molecule has 2 aromatic carbocycles. The summed E-state index contributed by atoms with van der Waals surface area (Å²) in [6.45, 7) is 1.78. The summed E-state index contributed by atoms with van der Waals surface area (Å²) in [4.78, 5) is 40.4. The van der Waals surface area contributed by atoms with E-state index in [4.69, 9.17) is 4.74 Å². The Bertz CT molecular complexity index is 980. The lowest BCUT2D eigenvalue weighted by Crippen LogP contribution is -2.53. The third-order valence-corrected chi connectivity index (χ3v) is 5.85. The number of nitrogens with zero attached hydrogens (tertiary/aromatic N) is 1. The van der Waals surface area contributed by atoms with Crippen LogP contribution in [0.5, 0.6) is 0 Å². The van der Waals surface area contributed by atoms with Crippen LogP contribution >= 0.6 is 0 Å². The van der Waals surface area contributed by atoms with Crippen LogP contribution in [0.25, 0.3) is 0 Å². The Hall–Kier alpha value is -3.06. The number of imide groups is 1. The van der Waals surface area contributed by atoms with E-state index in [2.05, 4.69) is 5.32 Å². The molecule has 2 heterocycles. The van der Waals surface area contributed by atoms with Gasteiger partial charge in [0.1, 0.15) is 5.82 Å². The molecule has 0 spiro atoms. The number of hydrogen-bond acceptors (Lipinski definition) is 5. The van der Waals surface area contributed by atoms with E-state index in [-0.39, 0.29) is 12.2 Å². The smallest absolute Gasteiger partial charge is 0.331 e. The summed E-state index contributed by atoms with van der Waals surface area (Å²) >= 11 is 0. The Labute approximate surface area is 167 Å².